The summed E-state index contributed by atoms with van der Waals surface area (Å²) in [5.74, 6) is -3.80. The van der Waals surface area contributed by atoms with Gasteiger partial charge in [-0.05, 0) is 92.8 Å². The van der Waals surface area contributed by atoms with E-state index < -0.39 is 75.5 Å². The minimum absolute atomic E-state index is 0.0431. The van der Waals surface area contributed by atoms with E-state index in [1.165, 1.54) is 26.4 Å². The lowest BCUT2D eigenvalue weighted by Crippen LogP contribution is -2.97. The fourth-order valence-electron chi connectivity index (χ4n) is 14.6. The highest BCUT2D eigenvalue weighted by Crippen LogP contribution is 2.76. The highest BCUT2D eigenvalue weighted by molar-refractivity contribution is 8.76. The zero-order valence-corrected chi connectivity index (χ0v) is 38.4. The summed E-state index contributed by atoms with van der Waals surface area (Å²) in [6, 6.07) is 2.25. The van der Waals surface area contributed by atoms with Gasteiger partial charge in [-0.15, -0.1) is 0 Å². The Labute approximate surface area is 381 Å². The maximum Gasteiger partial charge on any atom is 0.333 e. The first-order valence-corrected chi connectivity index (χ1v) is 26.3. The highest BCUT2D eigenvalue weighted by atomic mass is 33.1. The predicted molar refractivity (Wildman–Crippen MR) is 239 cm³/mol. The minimum Gasteiger partial charge on any atom is -0.481 e. The molecule has 6 heterocycles. The third-order valence-electron chi connectivity index (χ3n) is 17.9. The molecule has 1 aromatic heterocycles. The number of aliphatic hydroxyl groups excluding tert-OH is 2. The van der Waals surface area contributed by atoms with Crippen molar-refractivity contribution < 1.29 is 58.8 Å². The van der Waals surface area contributed by atoms with Crippen molar-refractivity contribution in [2.45, 2.75) is 137 Å². The van der Waals surface area contributed by atoms with Crippen LogP contribution < -0.4 is 10.6 Å². The van der Waals surface area contributed by atoms with Crippen molar-refractivity contribution >= 4 is 44.9 Å². The number of aromatic amines is 1. The van der Waals surface area contributed by atoms with Gasteiger partial charge >= 0.3 is 11.9 Å². The summed E-state index contributed by atoms with van der Waals surface area (Å²) in [6.45, 7) is 2.53. The summed E-state index contributed by atoms with van der Waals surface area (Å²) in [4.78, 5) is 29.9. The Hall–Kier alpha value is -2.60. The van der Waals surface area contributed by atoms with Crippen LogP contribution in [0.3, 0.4) is 0 Å². The number of allylic oxidation sites excluding steroid dienone is 1. The number of esters is 1. The standard InChI is InChI=1S/C49H63NO12S2/c1-27(29-8-4-3-5-9-29)37-20-35-36-13-14-46(57)45(56)16-15-44-22-39(52)49(46)61-42-31-12-6-10-30(32(42)19-34(43(55)58-2)33(31)21-40(53)54)11-7-17-59-25-47(44,62-49)48(36,45)60-38(41(35)50-37)18-28(23-51)24-63-64-26-44/h6,12,15-16,19-20,27-33,39,42,50-52,56-57H,3-5,7-11,13-14,17-18,21-26H2,1-2H3,(H,53,54). The molecule has 5 aliphatic heterocycles. The topological polar surface area (TPSA) is 197 Å². The molecule has 11 rings (SSSR count). The molecule has 2 saturated carbocycles. The van der Waals surface area contributed by atoms with Crippen LogP contribution in [0.5, 0.6) is 0 Å². The molecule has 1 aromatic rings. The lowest BCUT2D eigenvalue weighted by atomic mass is 9.39. The lowest BCUT2D eigenvalue weighted by Gasteiger charge is -2.79. The highest BCUT2D eigenvalue weighted by Gasteiger charge is 2.93. The van der Waals surface area contributed by atoms with Gasteiger partial charge in [0.1, 0.15) is 11.9 Å². The van der Waals surface area contributed by atoms with Crippen LogP contribution in [0.4, 0.5) is 0 Å². The third kappa shape index (κ3) is 5.77. The monoisotopic (exact) mass is 921 g/mol. The number of fused-ring (bicyclic) bond motifs is 2. The maximum absolute atomic E-state index is 14.3. The van der Waals surface area contributed by atoms with E-state index in [1.807, 2.05) is 24.3 Å². The fraction of sp³-hybridized carbons (Fsp3) is 0.714. The van der Waals surface area contributed by atoms with E-state index in [-0.39, 0.29) is 62.2 Å². The lowest BCUT2D eigenvalue weighted by molar-refractivity contribution is -0.520. The maximum atomic E-state index is 14.3. The number of methoxy groups -OCH3 is 1. The van der Waals surface area contributed by atoms with E-state index in [9.17, 15) is 35.1 Å². The van der Waals surface area contributed by atoms with Crippen LogP contribution in [0.1, 0.15) is 102 Å². The number of aliphatic hydroxyl groups is 4. The van der Waals surface area contributed by atoms with Crippen LogP contribution in [0, 0.1) is 40.9 Å². The first-order valence-electron chi connectivity index (χ1n) is 23.8. The number of ether oxygens (including phenoxy) is 5. The summed E-state index contributed by atoms with van der Waals surface area (Å²) in [7, 11) is 4.58. The normalized spacial score (nSPS) is 45.1. The van der Waals surface area contributed by atoms with Gasteiger partial charge in [-0.1, -0.05) is 72.1 Å². The molecule has 13 nitrogen and oxygen atoms in total. The molecule has 6 fully saturated rings. The second-order valence-corrected chi connectivity index (χ2v) is 23.3. The number of carbonyl (C=O) groups is 2. The Bertz CT molecular complexity index is 2310. The van der Waals surface area contributed by atoms with Gasteiger partial charge in [-0.3, -0.25) is 4.79 Å². The van der Waals surface area contributed by atoms with E-state index in [0.717, 1.165) is 34.7 Å². The van der Waals surface area contributed by atoms with Crippen LogP contribution in [0.25, 0.3) is 11.3 Å². The largest absolute Gasteiger partial charge is 0.481 e. The molecule has 0 radical (unpaired) electrons. The molecule has 64 heavy (non-hydrogen) atoms. The van der Waals surface area contributed by atoms with Crippen LogP contribution in [0.15, 0.2) is 42.0 Å². The number of rotatable bonds is 6. The number of carboxylic acid groups (broad SMARTS) is 1. The summed E-state index contributed by atoms with van der Waals surface area (Å²) in [6.07, 6.45) is 15.4. The Morgan fingerprint density at radius 2 is 1.91 bits per heavy atom. The summed E-state index contributed by atoms with van der Waals surface area (Å²) in [5.41, 5.74) is -6.79. The average Bonchev–Trinajstić information content (AvgIpc) is 3.68. The number of carboxylic acids is 1. The second-order valence-electron chi connectivity index (χ2n) is 20.8. The molecule has 14 unspecified atom stereocenters. The molecule has 348 valence electrons. The minimum atomic E-state index is -2.33. The van der Waals surface area contributed by atoms with E-state index >= 15 is 0 Å². The zero-order chi connectivity index (χ0) is 44.4. The van der Waals surface area contributed by atoms with Crippen molar-refractivity contribution in [2.24, 2.45) is 40.9 Å². The summed E-state index contributed by atoms with van der Waals surface area (Å²) < 4.78 is 35.2. The predicted octanol–water partition coefficient (Wildman–Crippen LogP) is 4.37. The molecule has 10 aliphatic rings. The van der Waals surface area contributed by atoms with Gasteiger partial charge < -0.3 is 54.2 Å². The number of aliphatic carboxylic acids is 1. The van der Waals surface area contributed by atoms with Crippen molar-refractivity contribution in [1.82, 2.24) is 4.98 Å². The molecule has 6 N–H and O–H groups in total. The quantitative estimate of drug-likeness (QED) is 0.134. The molecule has 11 bridgehead atoms. The van der Waals surface area contributed by atoms with E-state index in [2.05, 4.69) is 18.0 Å². The van der Waals surface area contributed by atoms with E-state index in [1.54, 1.807) is 27.7 Å². The Morgan fingerprint density at radius 3 is 2.69 bits per heavy atom. The van der Waals surface area contributed by atoms with Gasteiger partial charge in [0.25, 0.3) is 0 Å². The third-order valence-corrected chi connectivity index (χ3v) is 20.5. The number of H-pyrrole nitrogens is 1. The Balaban J connectivity index is 1.16. The van der Waals surface area contributed by atoms with Crippen molar-refractivity contribution in [2.75, 3.05) is 38.4 Å². The van der Waals surface area contributed by atoms with Crippen molar-refractivity contribution in [3.05, 3.63) is 58.3 Å². The SMILES string of the molecule is COC(=O)C1=CC2C3CC=CC(C1CC(=O)O)C2OC12OC4(COCCC3)C3(C=CC5(O)C1(O)CCC1=c6cc(C(C)C7CCCCC7)[nH]c6=C(CC(CO)CSSC3)OC154)CC2O. The van der Waals surface area contributed by atoms with Crippen LogP contribution >= 0.6 is 21.6 Å². The molecule has 14 atom stereocenters. The number of hydrogen-bond acceptors (Lipinski definition) is 13. The number of carbonyl (C=O) groups excluding carboxylic acids is 1. The summed E-state index contributed by atoms with van der Waals surface area (Å²) >= 11 is 0. The zero-order valence-electron chi connectivity index (χ0n) is 36.8. The second kappa shape index (κ2) is 15.7. The number of nitrogens with one attached hydrogen (secondary N) is 1. The summed E-state index contributed by atoms with van der Waals surface area (Å²) in [5, 5.41) is 64.3. The van der Waals surface area contributed by atoms with Gasteiger partial charge in [0, 0.05) is 70.8 Å². The smallest absolute Gasteiger partial charge is 0.333 e. The van der Waals surface area contributed by atoms with E-state index in [4.69, 9.17) is 23.7 Å². The van der Waals surface area contributed by atoms with Gasteiger partial charge in [0.2, 0.25) is 5.79 Å². The van der Waals surface area contributed by atoms with Crippen molar-refractivity contribution in [3.63, 3.8) is 0 Å². The molecule has 0 amide bonds. The number of aromatic nitrogens is 1. The number of hydrogen-bond donors (Lipinski definition) is 6. The van der Waals surface area contributed by atoms with Gasteiger partial charge in [0.05, 0.1) is 31.6 Å². The van der Waals surface area contributed by atoms with Crippen LogP contribution in [-0.4, -0.2) is 121 Å². The molecule has 5 aliphatic carbocycles. The molecule has 2 spiro atoms. The molecule has 4 saturated heterocycles. The molecular weight excluding hydrogens is 859 g/mol. The molecule has 15 heteroatoms. The van der Waals surface area contributed by atoms with Gasteiger partial charge in [0.15, 0.2) is 22.4 Å². The molecule has 0 aromatic carbocycles. The van der Waals surface area contributed by atoms with E-state index in [0.29, 0.717) is 55.5 Å². The molecular formula is C49H63NO12S2. The van der Waals surface area contributed by atoms with Crippen LogP contribution in [0.2, 0.25) is 0 Å². The van der Waals surface area contributed by atoms with Gasteiger partial charge in [-0.25, -0.2) is 4.79 Å². The average molecular weight is 922 g/mol. The first-order chi connectivity index (χ1) is 30.8. The Morgan fingerprint density at radius 1 is 1.08 bits per heavy atom. The van der Waals surface area contributed by atoms with Crippen molar-refractivity contribution in [1.29, 1.82) is 0 Å². The fourth-order valence-corrected chi connectivity index (χ4v) is 17.6. The first kappa shape index (κ1) is 43.9. The van der Waals surface area contributed by atoms with Crippen LogP contribution in [-0.2, 0) is 33.3 Å². The Kier molecular flexibility index (Phi) is 10.8. The van der Waals surface area contributed by atoms with Crippen molar-refractivity contribution in [3.8, 4) is 0 Å². The van der Waals surface area contributed by atoms with Gasteiger partial charge in [-0.2, -0.15) is 0 Å².